The highest BCUT2D eigenvalue weighted by Crippen LogP contribution is 2.41. The van der Waals surface area contributed by atoms with E-state index in [1.165, 1.54) is 12.5 Å². The second kappa shape index (κ2) is 10.3. The summed E-state index contributed by atoms with van der Waals surface area (Å²) in [4.78, 5) is 33.6. The maximum atomic E-state index is 11.9. The summed E-state index contributed by atoms with van der Waals surface area (Å²) in [7, 11) is 0. The molecule has 1 aliphatic carbocycles. The fourth-order valence-electron chi connectivity index (χ4n) is 5.41. The molecule has 0 unspecified atom stereocenters. The van der Waals surface area contributed by atoms with E-state index < -0.39 is 11.9 Å². The number of carboxylic acids is 2. The molecule has 0 bridgehead atoms. The molecule has 0 amide bonds. The molecule has 1 aliphatic rings. The highest BCUT2D eigenvalue weighted by Gasteiger charge is 2.25. The van der Waals surface area contributed by atoms with Gasteiger partial charge >= 0.3 is 11.9 Å². The first-order valence-electron chi connectivity index (χ1n) is 12.5. The van der Waals surface area contributed by atoms with Crippen LogP contribution in [0.3, 0.4) is 0 Å². The van der Waals surface area contributed by atoms with Gasteiger partial charge in [0.15, 0.2) is 0 Å². The van der Waals surface area contributed by atoms with Gasteiger partial charge in [-0.25, -0.2) is 14.8 Å². The van der Waals surface area contributed by atoms with Crippen LogP contribution in [0.1, 0.15) is 60.0 Å². The maximum Gasteiger partial charge on any atom is 0.328 e. The highest BCUT2D eigenvalue weighted by molar-refractivity contribution is 7.15. The van der Waals surface area contributed by atoms with Crippen LogP contribution in [-0.2, 0) is 16.1 Å². The zero-order chi connectivity index (χ0) is 26.1. The molecule has 1 saturated carbocycles. The second-order valence-electron chi connectivity index (χ2n) is 9.61. The predicted octanol–water partition coefficient (Wildman–Crippen LogP) is 6.67. The molecule has 1 aromatic carbocycles. The van der Waals surface area contributed by atoms with E-state index in [1.54, 1.807) is 15.9 Å². The van der Waals surface area contributed by atoms with Gasteiger partial charge in [0.05, 0.1) is 32.5 Å². The fraction of sp³-hybridized carbons (Fsp3) is 0.310. The lowest BCUT2D eigenvalue weighted by Crippen LogP contribution is -2.13. The minimum Gasteiger partial charge on any atom is -0.480 e. The third kappa shape index (κ3) is 5.20. The standard InChI is InChI=1S/C29H29N3O4S/c1-17-29(37-18(2)30-17)25-12-8-20-14-21(9-11-24(20)31-25)28-23(19-6-4-3-5-7-19)15-22(10-13-26(33)34)32(28)16-27(35)36/h8-15,19H,3-7,16H2,1-2H3,(H,33,34)(H,35,36). The van der Waals surface area contributed by atoms with E-state index in [1.807, 2.05) is 44.2 Å². The maximum absolute atomic E-state index is 11.9. The molecule has 0 aliphatic heterocycles. The van der Waals surface area contributed by atoms with E-state index in [0.717, 1.165) is 80.8 Å². The van der Waals surface area contributed by atoms with E-state index in [9.17, 15) is 19.8 Å². The molecule has 8 heteroatoms. The van der Waals surface area contributed by atoms with Crippen LogP contribution in [0.15, 0.2) is 42.5 Å². The van der Waals surface area contributed by atoms with Crippen LogP contribution in [-0.4, -0.2) is 36.7 Å². The van der Waals surface area contributed by atoms with Crippen molar-refractivity contribution in [2.24, 2.45) is 0 Å². The molecule has 7 nitrogen and oxygen atoms in total. The largest absolute Gasteiger partial charge is 0.480 e. The highest BCUT2D eigenvalue weighted by atomic mass is 32.1. The van der Waals surface area contributed by atoms with Crippen molar-refractivity contribution in [3.8, 4) is 21.8 Å². The number of pyridine rings is 1. The Morgan fingerprint density at radius 1 is 1.05 bits per heavy atom. The number of aromatic nitrogens is 3. The number of fused-ring (bicyclic) bond motifs is 1. The smallest absolute Gasteiger partial charge is 0.328 e. The number of thiazole rings is 1. The van der Waals surface area contributed by atoms with E-state index in [2.05, 4.69) is 11.1 Å². The van der Waals surface area contributed by atoms with E-state index >= 15 is 0 Å². The lowest BCUT2D eigenvalue weighted by atomic mass is 9.83. The molecule has 37 heavy (non-hydrogen) atoms. The number of aliphatic carboxylic acids is 2. The van der Waals surface area contributed by atoms with Crippen molar-refractivity contribution < 1.29 is 19.8 Å². The average molecular weight is 516 g/mol. The van der Waals surface area contributed by atoms with Gasteiger partial charge in [0.25, 0.3) is 0 Å². The van der Waals surface area contributed by atoms with E-state index in [0.29, 0.717) is 11.6 Å². The van der Waals surface area contributed by atoms with Crippen molar-refractivity contribution in [1.29, 1.82) is 0 Å². The number of hydrogen-bond acceptors (Lipinski definition) is 5. The Kier molecular flexibility index (Phi) is 6.93. The van der Waals surface area contributed by atoms with Gasteiger partial charge in [-0.3, -0.25) is 4.79 Å². The first kappa shape index (κ1) is 24.9. The van der Waals surface area contributed by atoms with Crippen molar-refractivity contribution in [3.05, 3.63) is 64.4 Å². The van der Waals surface area contributed by atoms with Gasteiger partial charge in [-0.05, 0) is 74.1 Å². The molecule has 0 radical (unpaired) electrons. The Labute approximate surface area is 219 Å². The van der Waals surface area contributed by atoms with Crippen molar-refractivity contribution in [3.63, 3.8) is 0 Å². The molecule has 5 rings (SSSR count). The summed E-state index contributed by atoms with van der Waals surface area (Å²) in [5.41, 5.74) is 6.14. The second-order valence-corrected chi connectivity index (χ2v) is 10.8. The van der Waals surface area contributed by atoms with Gasteiger partial charge in [-0.2, -0.15) is 0 Å². The summed E-state index contributed by atoms with van der Waals surface area (Å²) < 4.78 is 1.73. The van der Waals surface area contributed by atoms with Crippen molar-refractivity contribution >= 4 is 40.3 Å². The van der Waals surface area contributed by atoms with Crippen LogP contribution in [0.5, 0.6) is 0 Å². The van der Waals surface area contributed by atoms with Crippen molar-refractivity contribution in [1.82, 2.24) is 14.5 Å². The summed E-state index contributed by atoms with van der Waals surface area (Å²) in [6.07, 6.45) is 8.12. The van der Waals surface area contributed by atoms with Crippen LogP contribution >= 0.6 is 11.3 Å². The molecule has 1 fully saturated rings. The van der Waals surface area contributed by atoms with Crippen LogP contribution < -0.4 is 0 Å². The monoisotopic (exact) mass is 515 g/mol. The molecule has 190 valence electrons. The minimum absolute atomic E-state index is 0.249. The van der Waals surface area contributed by atoms with Gasteiger partial charge in [0, 0.05) is 17.2 Å². The van der Waals surface area contributed by atoms with Gasteiger partial charge < -0.3 is 14.8 Å². The first-order valence-corrected chi connectivity index (χ1v) is 13.3. The molecule has 0 atom stereocenters. The van der Waals surface area contributed by atoms with Crippen LogP contribution in [0, 0.1) is 13.8 Å². The molecule has 3 heterocycles. The third-order valence-electron chi connectivity index (χ3n) is 6.99. The van der Waals surface area contributed by atoms with Gasteiger partial charge in [0.1, 0.15) is 6.54 Å². The number of nitrogens with zero attached hydrogens (tertiary/aromatic N) is 3. The van der Waals surface area contributed by atoms with Gasteiger partial charge in [-0.1, -0.05) is 31.4 Å². The molecule has 0 saturated heterocycles. The topological polar surface area (TPSA) is 105 Å². The molecule has 0 spiro atoms. The number of hydrogen-bond donors (Lipinski definition) is 2. The summed E-state index contributed by atoms with van der Waals surface area (Å²) in [6, 6.07) is 12.1. The predicted molar refractivity (Wildman–Crippen MR) is 146 cm³/mol. The van der Waals surface area contributed by atoms with Crippen LogP contribution in [0.25, 0.3) is 38.8 Å². The number of benzene rings is 1. The Hall–Kier alpha value is -3.78. The molecular formula is C29H29N3O4S. The summed E-state index contributed by atoms with van der Waals surface area (Å²) >= 11 is 1.63. The van der Waals surface area contributed by atoms with E-state index in [4.69, 9.17) is 4.98 Å². The minimum atomic E-state index is -1.07. The summed E-state index contributed by atoms with van der Waals surface area (Å²) in [5, 5.41) is 20.9. The molecule has 3 aromatic heterocycles. The average Bonchev–Trinajstić information content (AvgIpc) is 3.40. The van der Waals surface area contributed by atoms with Crippen molar-refractivity contribution in [2.45, 2.75) is 58.4 Å². The first-order chi connectivity index (χ1) is 17.8. The lowest BCUT2D eigenvalue weighted by Gasteiger charge is -2.23. The molecule has 4 aromatic rings. The Morgan fingerprint density at radius 3 is 2.51 bits per heavy atom. The lowest BCUT2D eigenvalue weighted by molar-refractivity contribution is -0.137. The number of carbonyl (C=O) groups is 2. The molecule has 2 N–H and O–H groups in total. The van der Waals surface area contributed by atoms with Gasteiger partial charge in [0.2, 0.25) is 0 Å². The summed E-state index contributed by atoms with van der Waals surface area (Å²) in [5.74, 6) is -1.73. The number of carboxylic acid groups (broad SMARTS) is 2. The number of rotatable bonds is 7. The quantitative estimate of drug-likeness (QED) is 0.266. The van der Waals surface area contributed by atoms with Crippen LogP contribution in [0.2, 0.25) is 0 Å². The zero-order valence-electron chi connectivity index (χ0n) is 20.9. The van der Waals surface area contributed by atoms with Gasteiger partial charge in [-0.15, -0.1) is 11.3 Å². The normalized spacial score (nSPS) is 14.5. The Balaban J connectivity index is 1.65. The Morgan fingerprint density at radius 2 is 1.84 bits per heavy atom. The molecular weight excluding hydrogens is 486 g/mol. The summed E-state index contributed by atoms with van der Waals surface area (Å²) in [6.45, 7) is 3.73. The zero-order valence-corrected chi connectivity index (χ0v) is 21.7. The SMILES string of the molecule is Cc1nc(C)c(-c2ccc3cc(-c4c(C5CCCCC5)cc(C=CC(=O)O)n4CC(=O)O)ccc3n2)s1. The fourth-order valence-corrected chi connectivity index (χ4v) is 6.30. The third-order valence-corrected chi connectivity index (χ3v) is 8.09. The van der Waals surface area contributed by atoms with Crippen molar-refractivity contribution in [2.75, 3.05) is 0 Å². The van der Waals surface area contributed by atoms with E-state index in [-0.39, 0.29) is 6.54 Å². The number of aryl methyl sites for hydroxylation is 2. The Bertz CT molecular complexity index is 1530. The van der Waals surface area contributed by atoms with Crippen LogP contribution in [0.4, 0.5) is 0 Å².